The fourth-order valence-corrected chi connectivity index (χ4v) is 5.81. The van der Waals surface area contributed by atoms with E-state index in [1.165, 1.54) is 24.3 Å². The fourth-order valence-electron chi connectivity index (χ4n) is 5.81. The minimum Gasteiger partial charge on any atom is -0.426 e. The van der Waals surface area contributed by atoms with E-state index in [0.717, 1.165) is 54.4 Å². The second-order valence-corrected chi connectivity index (χ2v) is 13.7. The molecule has 0 bridgehead atoms. The van der Waals surface area contributed by atoms with Crippen molar-refractivity contribution in [1.82, 2.24) is 30.0 Å². The van der Waals surface area contributed by atoms with Crippen molar-refractivity contribution in [3.8, 4) is 22.3 Å². The van der Waals surface area contributed by atoms with Crippen LogP contribution in [0.25, 0.3) is 22.3 Å². The van der Waals surface area contributed by atoms with Gasteiger partial charge in [-0.15, -0.1) is 0 Å². The van der Waals surface area contributed by atoms with E-state index in [1.54, 1.807) is 36.5 Å². The molecule has 348 valence electrons. The lowest BCUT2D eigenvalue weighted by Crippen LogP contribution is -2.52. The average Bonchev–Trinajstić information content (AvgIpc) is 3.20. The monoisotopic (exact) mass is 920 g/mol. The van der Waals surface area contributed by atoms with Crippen molar-refractivity contribution < 1.29 is 76.1 Å². The molecule has 2 aliphatic rings. The van der Waals surface area contributed by atoms with Gasteiger partial charge in [0.25, 0.3) is 6.10 Å². The Labute approximate surface area is 352 Å². The third-order valence-electron chi connectivity index (χ3n) is 9.01. The number of alkyl halides is 12. The molecule has 0 aliphatic carbocycles. The number of ether oxygens (including phenoxy) is 1. The normalized spacial score (nSPS) is 15.5. The molecule has 2 N–H and O–H groups in total. The summed E-state index contributed by atoms with van der Waals surface area (Å²) in [6, 6.07) is 20.2. The van der Waals surface area contributed by atoms with Gasteiger partial charge in [-0.3, -0.25) is 19.8 Å². The summed E-state index contributed by atoms with van der Waals surface area (Å²) in [5.41, 5.74) is 4.92. The predicted octanol–water partition coefficient (Wildman–Crippen LogP) is 9.04. The number of aliphatic hydroxyl groups excluding tert-OH is 1. The Morgan fingerprint density at radius 3 is 1.35 bits per heavy atom. The molecule has 0 atom stereocenters. The minimum atomic E-state index is -5.75. The first-order valence-electron chi connectivity index (χ1n) is 18.4. The number of amides is 1. The first-order valence-corrected chi connectivity index (χ1v) is 18.4. The van der Waals surface area contributed by atoms with Crippen LogP contribution in [-0.2, 0) is 17.8 Å². The van der Waals surface area contributed by atoms with Crippen LogP contribution in [0.3, 0.4) is 0 Å². The van der Waals surface area contributed by atoms with Gasteiger partial charge in [0.05, 0.1) is 11.4 Å². The molecule has 63 heavy (non-hydrogen) atoms. The number of benzene rings is 2. The summed E-state index contributed by atoms with van der Waals surface area (Å²) in [6.07, 6.45) is -29.4. The van der Waals surface area contributed by atoms with Gasteiger partial charge in [0.2, 0.25) is 6.10 Å². The van der Waals surface area contributed by atoms with Gasteiger partial charge < -0.3 is 20.1 Å². The summed E-state index contributed by atoms with van der Waals surface area (Å²) in [4.78, 5) is 25.7. The zero-order valence-corrected chi connectivity index (χ0v) is 32.1. The standard InChI is InChI=1S/C20H18F7N3O2.C16H18FN3.C3H2F6O.CH4/c21-15-3-1-2-13(10-15)14-4-5-16(28-11-14)12-29-6-8-30(9-7-29)18(31)32-17(19(22,23)24)20(25,26)27;17-15-3-1-2-13(10-15)14-4-5-16(19-11-14)12-20-8-6-18-7-9-20;4-2(5,6)1(10)3(7,8)9;/h1-5,10-11,17H,6-9,12H2;1-5,10-11,18H,6-9,12H2;1,10H;1H4. The summed E-state index contributed by atoms with van der Waals surface area (Å²) in [7, 11) is 0. The van der Waals surface area contributed by atoms with Gasteiger partial charge >= 0.3 is 30.8 Å². The number of piperazine rings is 2. The Hall–Kier alpha value is -5.13. The molecule has 1 amide bonds. The van der Waals surface area contributed by atoms with E-state index in [1.807, 2.05) is 29.3 Å². The van der Waals surface area contributed by atoms with Crippen molar-refractivity contribution in [3.05, 3.63) is 108 Å². The van der Waals surface area contributed by atoms with E-state index < -0.39 is 43.0 Å². The highest BCUT2D eigenvalue weighted by molar-refractivity contribution is 5.68. The van der Waals surface area contributed by atoms with Crippen LogP contribution in [-0.4, -0.2) is 125 Å². The van der Waals surface area contributed by atoms with Crippen molar-refractivity contribution in [1.29, 1.82) is 0 Å². The molecule has 6 rings (SSSR count). The first-order chi connectivity index (χ1) is 28.9. The topological polar surface area (TPSA) is 94.1 Å². The Kier molecular flexibility index (Phi) is 18.6. The largest absolute Gasteiger partial charge is 0.434 e. The number of nitrogens with zero attached hydrogens (tertiary/aromatic N) is 5. The van der Waals surface area contributed by atoms with Crippen LogP contribution in [0.5, 0.6) is 0 Å². The van der Waals surface area contributed by atoms with Crippen molar-refractivity contribution in [2.75, 3.05) is 52.4 Å². The Bertz CT molecular complexity index is 1970. The number of carbonyl (C=O) groups excluding carboxylic acids is 1. The lowest BCUT2D eigenvalue weighted by molar-refractivity contribution is -0.309. The number of carbonyl (C=O) groups is 1. The lowest BCUT2D eigenvalue weighted by atomic mass is 10.1. The second kappa shape index (κ2) is 22.5. The van der Waals surface area contributed by atoms with E-state index in [4.69, 9.17) is 5.11 Å². The molecule has 0 spiro atoms. The zero-order chi connectivity index (χ0) is 45.9. The second-order valence-electron chi connectivity index (χ2n) is 13.7. The summed E-state index contributed by atoms with van der Waals surface area (Å²) < 4.78 is 171. The molecule has 2 aliphatic heterocycles. The molecule has 2 aromatic carbocycles. The number of pyridine rings is 2. The van der Waals surface area contributed by atoms with E-state index in [9.17, 15) is 66.3 Å². The summed E-state index contributed by atoms with van der Waals surface area (Å²) in [6.45, 7) is 5.69. The highest BCUT2D eigenvalue weighted by Gasteiger charge is 2.60. The third-order valence-corrected chi connectivity index (χ3v) is 9.01. The molecular weight excluding hydrogens is 878 g/mol. The van der Waals surface area contributed by atoms with E-state index >= 15 is 0 Å². The number of aliphatic hydroxyl groups is 1. The number of rotatable bonds is 7. The molecule has 0 unspecified atom stereocenters. The van der Waals surface area contributed by atoms with Crippen molar-refractivity contribution in [2.24, 2.45) is 0 Å². The van der Waals surface area contributed by atoms with Gasteiger partial charge in [0, 0.05) is 89.0 Å². The summed E-state index contributed by atoms with van der Waals surface area (Å²) >= 11 is 0. The first kappa shape index (κ1) is 52.2. The Morgan fingerprint density at radius 2 is 1.02 bits per heavy atom. The molecule has 4 aromatic rings. The number of aromatic nitrogens is 2. The van der Waals surface area contributed by atoms with Gasteiger partial charge in [-0.05, 0) is 47.5 Å². The lowest BCUT2D eigenvalue weighted by Gasteiger charge is -2.35. The van der Waals surface area contributed by atoms with E-state index in [0.29, 0.717) is 23.4 Å². The molecule has 4 heterocycles. The van der Waals surface area contributed by atoms with Gasteiger partial charge in [-0.1, -0.05) is 43.8 Å². The number of hydrogen-bond acceptors (Lipinski definition) is 8. The molecule has 9 nitrogen and oxygen atoms in total. The molecular formula is C40H42F14N6O3. The third kappa shape index (κ3) is 16.8. The molecule has 2 fully saturated rings. The Morgan fingerprint density at radius 1 is 0.603 bits per heavy atom. The average molecular weight is 921 g/mol. The maximum atomic E-state index is 13.3. The van der Waals surface area contributed by atoms with Crippen LogP contribution in [0.2, 0.25) is 0 Å². The fraction of sp³-hybridized carbons (Fsp3) is 0.425. The van der Waals surface area contributed by atoms with E-state index in [2.05, 4.69) is 24.9 Å². The maximum Gasteiger partial charge on any atom is 0.434 e. The van der Waals surface area contributed by atoms with Crippen molar-refractivity contribution in [3.63, 3.8) is 0 Å². The van der Waals surface area contributed by atoms with Crippen LogP contribution in [0.15, 0.2) is 85.2 Å². The predicted molar refractivity (Wildman–Crippen MR) is 201 cm³/mol. The molecule has 2 aromatic heterocycles. The van der Waals surface area contributed by atoms with Crippen molar-refractivity contribution in [2.45, 2.75) is 57.4 Å². The van der Waals surface area contributed by atoms with Gasteiger partial charge in [-0.25, -0.2) is 13.6 Å². The summed E-state index contributed by atoms with van der Waals surface area (Å²) in [5.74, 6) is -0.591. The Balaban J connectivity index is 0.000000289. The summed E-state index contributed by atoms with van der Waals surface area (Å²) in [5, 5.41) is 10.8. The van der Waals surface area contributed by atoms with Crippen LogP contribution >= 0.6 is 0 Å². The smallest absolute Gasteiger partial charge is 0.426 e. The number of halogens is 14. The van der Waals surface area contributed by atoms with Gasteiger partial charge in [-0.2, -0.15) is 52.7 Å². The highest BCUT2D eigenvalue weighted by Crippen LogP contribution is 2.36. The van der Waals surface area contributed by atoms with Crippen LogP contribution in [0.4, 0.5) is 66.3 Å². The van der Waals surface area contributed by atoms with Crippen LogP contribution in [0, 0.1) is 11.6 Å². The molecule has 23 heteroatoms. The van der Waals surface area contributed by atoms with E-state index in [-0.39, 0.29) is 45.2 Å². The molecule has 0 saturated carbocycles. The SMILES string of the molecule is C.Fc1cccc(-c2ccc(CN3CCNCC3)nc2)c1.O=C(OC(C(F)(F)F)C(F)(F)F)N1CCN(Cc2ccc(-c3cccc(F)c3)cn2)CC1.OC(C(F)(F)F)C(F)(F)F. The quantitative estimate of drug-likeness (QED) is 0.178. The number of hydrogen-bond donors (Lipinski definition) is 2. The minimum absolute atomic E-state index is 0. The molecule has 2 saturated heterocycles. The number of nitrogens with one attached hydrogen (secondary N) is 1. The maximum absolute atomic E-state index is 13.3. The van der Waals surface area contributed by atoms with Gasteiger partial charge in [0.1, 0.15) is 11.6 Å². The zero-order valence-electron chi connectivity index (χ0n) is 32.1. The van der Waals surface area contributed by atoms with Crippen LogP contribution in [0.1, 0.15) is 18.8 Å². The molecule has 0 radical (unpaired) electrons. The van der Waals surface area contributed by atoms with Gasteiger partial charge in [0.15, 0.2) is 0 Å². The van der Waals surface area contributed by atoms with Crippen molar-refractivity contribution >= 4 is 6.09 Å². The highest BCUT2D eigenvalue weighted by atomic mass is 19.4. The van der Waals surface area contributed by atoms with Crippen LogP contribution < -0.4 is 5.32 Å².